The number of esters is 1. The maximum atomic E-state index is 12.5. The molecule has 0 saturated heterocycles. The Morgan fingerprint density at radius 2 is 1.78 bits per heavy atom. The van der Waals surface area contributed by atoms with Crippen molar-refractivity contribution < 1.29 is 27.5 Å². The zero-order valence-corrected chi connectivity index (χ0v) is 13.0. The van der Waals surface area contributed by atoms with Gasteiger partial charge in [-0.05, 0) is 44.5 Å². The number of methoxy groups -OCH3 is 1. The summed E-state index contributed by atoms with van der Waals surface area (Å²) in [5.41, 5.74) is 0.148. The summed E-state index contributed by atoms with van der Waals surface area (Å²) in [5, 5.41) is 2.46. The summed E-state index contributed by atoms with van der Waals surface area (Å²) >= 11 is 0. The Morgan fingerprint density at radius 1 is 1.22 bits per heavy atom. The first-order valence-corrected chi connectivity index (χ1v) is 6.84. The topological polar surface area (TPSA) is 55.4 Å². The molecular formula is C16H18F3NO3. The standard InChI is InChI=1S/C16H18F3NO3/c1-10(2)4-9-13(15(22)23-3)20-14(21)11-5-7-12(8-6-11)16(17,18)19/h4-8,13H,9H2,1-3H3,(H,20,21)/t13-/m1/s1. The molecule has 0 aliphatic heterocycles. The Labute approximate surface area is 132 Å². The van der Waals surface area contributed by atoms with Crippen molar-refractivity contribution in [2.45, 2.75) is 32.5 Å². The molecule has 0 bridgehead atoms. The number of carbonyl (C=O) groups excluding carboxylic acids is 2. The van der Waals surface area contributed by atoms with Crippen LogP contribution in [0.4, 0.5) is 13.2 Å². The van der Waals surface area contributed by atoms with Gasteiger partial charge < -0.3 is 10.1 Å². The van der Waals surface area contributed by atoms with Crippen molar-refractivity contribution in [3.63, 3.8) is 0 Å². The normalized spacial score (nSPS) is 12.3. The number of hydrogen-bond donors (Lipinski definition) is 1. The molecule has 1 aromatic rings. The third-order valence-electron chi connectivity index (χ3n) is 3.03. The van der Waals surface area contributed by atoms with E-state index in [-0.39, 0.29) is 12.0 Å². The van der Waals surface area contributed by atoms with Crippen molar-refractivity contribution in [2.24, 2.45) is 0 Å². The lowest BCUT2D eigenvalue weighted by molar-refractivity contribution is -0.142. The molecule has 0 aromatic heterocycles. The van der Waals surface area contributed by atoms with E-state index in [0.717, 1.165) is 29.8 Å². The van der Waals surface area contributed by atoms with Crippen LogP contribution in [0.2, 0.25) is 0 Å². The molecule has 0 aliphatic carbocycles. The van der Waals surface area contributed by atoms with E-state index in [1.807, 2.05) is 13.8 Å². The molecule has 0 spiro atoms. The van der Waals surface area contributed by atoms with Gasteiger partial charge in [-0.2, -0.15) is 13.2 Å². The van der Waals surface area contributed by atoms with Crippen LogP contribution in [0.1, 0.15) is 36.2 Å². The molecule has 0 fully saturated rings. The Morgan fingerprint density at radius 3 is 2.22 bits per heavy atom. The van der Waals surface area contributed by atoms with E-state index >= 15 is 0 Å². The van der Waals surface area contributed by atoms with E-state index in [4.69, 9.17) is 0 Å². The number of carbonyl (C=O) groups is 2. The van der Waals surface area contributed by atoms with Crippen LogP contribution in [0.15, 0.2) is 35.9 Å². The van der Waals surface area contributed by atoms with Crippen LogP contribution in [-0.2, 0) is 15.7 Å². The number of ether oxygens (including phenoxy) is 1. The quantitative estimate of drug-likeness (QED) is 0.666. The van der Waals surface area contributed by atoms with Gasteiger partial charge in [0.25, 0.3) is 5.91 Å². The maximum Gasteiger partial charge on any atom is 0.416 e. The number of benzene rings is 1. The highest BCUT2D eigenvalue weighted by Gasteiger charge is 2.30. The maximum absolute atomic E-state index is 12.5. The Balaban J connectivity index is 2.86. The third-order valence-corrected chi connectivity index (χ3v) is 3.03. The lowest BCUT2D eigenvalue weighted by Crippen LogP contribution is -2.41. The van der Waals surface area contributed by atoms with Gasteiger partial charge in [-0.15, -0.1) is 0 Å². The number of amides is 1. The third kappa shape index (κ3) is 5.77. The molecule has 23 heavy (non-hydrogen) atoms. The summed E-state index contributed by atoms with van der Waals surface area (Å²) in [6, 6.07) is 2.86. The Hall–Kier alpha value is -2.31. The zero-order chi connectivity index (χ0) is 17.6. The molecule has 0 unspecified atom stereocenters. The summed E-state index contributed by atoms with van der Waals surface area (Å²) in [6.07, 6.45) is -2.47. The van der Waals surface area contributed by atoms with Crippen molar-refractivity contribution in [1.82, 2.24) is 5.32 Å². The highest BCUT2D eigenvalue weighted by Crippen LogP contribution is 2.29. The SMILES string of the molecule is COC(=O)[C@@H](CC=C(C)C)NC(=O)c1ccc(C(F)(F)F)cc1. The second kappa shape index (κ2) is 7.80. The number of allylic oxidation sites excluding steroid dienone is 1. The van der Waals surface area contributed by atoms with Gasteiger partial charge in [0.05, 0.1) is 12.7 Å². The minimum atomic E-state index is -4.47. The number of rotatable bonds is 5. The smallest absolute Gasteiger partial charge is 0.416 e. The van der Waals surface area contributed by atoms with E-state index in [1.165, 1.54) is 7.11 Å². The monoisotopic (exact) mass is 329 g/mol. The Bertz CT molecular complexity index is 588. The van der Waals surface area contributed by atoms with Crippen molar-refractivity contribution in [2.75, 3.05) is 7.11 Å². The minimum absolute atomic E-state index is 0.0316. The van der Waals surface area contributed by atoms with Crippen LogP contribution in [0.5, 0.6) is 0 Å². The van der Waals surface area contributed by atoms with Crippen molar-refractivity contribution in [1.29, 1.82) is 0 Å². The number of halogens is 3. The molecule has 7 heteroatoms. The van der Waals surface area contributed by atoms with Crippen LogP contribution >= 0.6 is 0 Å². The van der Waals surface area contributed by atoms with E-state index in [1.54, 1.807) is 6.08 Å². The van der Waals surface area contributed by atoms with Crippen LogP contribution in [0.25, 0.3) is 0 Å². The molecule has 126 valence electrons. The molecule has 1 amide bonds. The second-order valence-corrected chi connectivity index (χ2v) is 5.14. The molecule has 1 atom stereocenters. The number of alkyl halides is 3. The molecule has 1 rings (SSSR count). The van der Waals surface area contributed by atoms with Gasteiger partial charge in [-0.1, -0.05) is 11.6 Å². The average Bonchev–Trinajstić information content (AvgIpc) is 2.49. The fourth-order valence-electron chi connectivity index (χ4n) is 1.76. The molecule has 1 N–H and O–H groups in total. The number of nitrogens with one attached hydrogen (secondary N) is 1. The first-order valence-electron chi connectivity index (χ1n) is 6.84. The average molecular weight is 329 g/mol. The lowest BCUT2D eigenvalue weighted by atomic mass is 10.1. The van der Waals surface area contributed by atoms with E-state index in [0.29, 0.717) is 0 Å². The summed E-state index contributed by atoms with van der Waals surface area (Å²) in [6.45, 7) is 3.68. The van der Waals surface area contributed by atoms with Crippen molar-refractivity contribution in [3.8, 4) is 0 Å². The highest BCUT2D eigenvalue weighted by atomic mass is 19.4. The van der Waals surface area contributed by atoms with Gasteiger partial charge in [0, 0.05) is 5.56 Å². The largest absolute Gasteiger partial charge is 0.467 e. The van der Waals surface area contributed by atoms with E-state index < -0.39 is 29.7 Å². The summed E-state index contributed by atoms with van der Waals surface area (Å²) in [4.78, 5) is 23.7. The molecule has 4 nitrogen and oxygen atoms in total. The molecular weight excluding hydrogens is 311 g/mol. The van der Waals surface area contributed by atoms with Gasteiger partial charge in [-0.25, -0.2) is 4.79 Å². The van der Waals surface area contributed by atoms with E-state index in [2.05, 4.69) is 10.1 Å². The number of hydrogen-bond acceptors (Lipinski definition) is 3. The van der Waals surface area contributed by atoms with E-state index in [9.17, 15) is 22.8 Å². The Kier molecular flexibility index (Phi) is 6.36. The molecule has 0 saturated carbocycles. The van der Waals surface area contributed by atoms with Crippen molar-refractivity contribution >= 4 is 11.9 Å². The first kappa shape index (κ1) is 18.7. The van der Waals surface area contributed by atoms with Gasteiger partial charge in [-0.3, -0.25) is 4.79 Å². The molecule has 0 radical (unpaired) electrons. The highest BCUT2D eigenvalue weighted by molar-refractivity contribution is 5.96. The fraction of sp³-hybridized carbons (Fsp3) is 0.375. The van der Waals surface area contributed by atoms with Gasteiger partial charge in [0.2, 0.25) is 0 Å². The summed E-state index contributed by atoms with van der Waals surface area (Å²) < 4.78 is 42.1. The van der Waals surface area contributed by atoms with Crippen LogP contribution < -0.4 is 5.32 Å². The van der Waals surface area contributed by atoms with Crippen LogP contribution in [0, 0.1) is 0 Å². The van der Waals surface area contributed by atoms with Crippen LogP contribution in [-0.4, -0.2) is 25.0 Å². The predicted molar refractivity (Wildman–Crippen MR) is 78.8 cm³/mol. The molecule has 0 heterocycles. The second-order valence-electron chi connectivity index (χ2n) is 5.14. The predicted octanol–water partition coefficient (Wildman–Crippen LogP) is 3.33. The minimum Gasteiger partial charge on any atom is -0.467 e. The first-order chi connectivity index (χ1) is 10.6. The lowest BCUT2D eigenvalue weighted by Gasteiger charge is -2.15. The fourth-order valence-corrected chi connectivity index (χ4v) is 1.76. The molecule has 0 aliphatic rings. The zero-order valence-electron chi connectivity index (χ0n) is 13.0. The van der Waals surface area contributed by atoms with Gasteiger partial charge >= 0.3 is 12.1 Å². The van der Waals surface area contributed by atoms with Gasteiger partial charge in [0.1, 0.15) is 6.04 Å². The summed E-state index contributed by atoms with van der Waals surface area (Å²) in [5.74, 6) is -1.26. The van der Waals surface area contributed by atoms with Crippen LogP contribution in [0.3, 0.4) is 0 Å². The van der Waals surface area contributed by atoms with Gasteiger partial charge in [0.15, 0.2) is 0 Å². The summed E-state index contributed by atoms with van der Waals surface area (Å²) in [7, 11) is 1.20. The van der Waals surface area contributed by atoms with Crippen molar-refractivity contribution in [3.05, 3.63) is 47.0 Å². The molecule has 1 aromatic carbocycles.